The minimum Gasteiger partial charge on any atom is -0.452 e. The number of nitrogens with one attached hydrogen (secondary N) is 1. The van der Waals surface area contributed by atoms with Crippen LogP contribution < -0.4 is 5.32 Å². The number of hydrogen-bond acceptors (Lipinski definition) is 5. The van der Waals surface area contributed by atoms with Crippen LogP contribution in [0.2, 0.25) is 0 Å². The van der Waals surface area contributed by atoms with Crippen molar-refractivity contribution >= 4 is 45.8 Å². The van der Waals surface area contributed by atoms with Gasteiger partial charge in [-0.1, -0.05) is 31.2 Å². The van der Waals surface area contributed by atoms with Crippen molar-refractivity contribution in [1.82, 2.24) is 10.3 Å². The van der Waals surface area contributed by atoms with Gasteiger partial charge in [0.1, 0.15) is 0 Å². The molecule has 1 aliphatic carbocycles. The molecule has 1 atom stereocenters. The molecule has 1 unspecified atom stereocenters. The van der Waals surface area contributed by atoms with Crippen LogP contribution in [0.25, 0.3) is 22.6 Å². The summed E-state index contributed by atoms with van der Waals surface area (Å²) in [6, 6.07) is 11.8. The van der Waals surface area contributed by atoms with E-state index in [0.717, 1.165) is 53.4 Å². The van der Waals surface area contributed by atoms with Gasteiger partial charge in [-0.25, -0.2) is 9.78 Å². The van der Waals surface area contributed by atoms with Gasteiger partial charge in [-0.3, -0.25) is 4.79 Å². The molecule has 1 aliphatic rings. The third kappa shape index (κ3) is 4.69. The Kier molecular flexibility index (Phi) is 6.47. The number of amides is 1. The molecule has 1 aromatic carbocycles. The van der Waals surface area contributed by atoms with E-state index >= 15 is 0 Å². The number of allylic oxidation sites excluding steroid dienone is 1. The van der Waals surface area contributed by atoms with Crippen LogP contribution in [0.15, 0.2) is 41.8 Å². The monoisotopic (exact) mass is 434 g/mol. The number of ether oxygens (including phenoxy) is 1. The van der Waals surface area contributed by atoms with Crippen LogP contribution in [0.3, 0.4) is 0 Å². The minimum absolute atomic E-state index is 0.0469. The molecule has 31 heavy (non-hydrogen) atoms. The average molecular weight is 435 g/mol. The van der Waals surface area contributed by atoms with Crippen molar-refractivity contribution in [2.45, 2.75) is 45.6 Å². The summed E-state index contributed by atoms with van der Waals surface area (Å²) in [6.45, 7) is 3.63. The van der Waals surface area contributed by atoms with Gasteiger partial charge in [0, 0.05) is 16.3 Å². The SMILES string of the molecule is CCC(C)NC(=O)COC(=O)c1c2c(nc3ccccc13)/C(=C/c1cccs1)CCC2. The number of fused-ring (bicyclic) bond motifs is 2. The van der Waals surface area contributed by atoms with Crippen molar-refractivity contribution in [3.8, 4) is 0 Å². The molecule has 5 nitrogen and oxygen atoms in total. The summed E-state index contributed by atoms with van der Waals surface area (Å²) in [5.74, 6) is -0.750. The number of nitrogens with zero attached hydrogens (tertiary/aromatic N) is 1. The Bertz CT molecular complexity index is 1140. The number of rotatable bonds is 6. The van der Waals surface area contributed by atoms with Gasteiger partial charge in [0.2, 0.25) is 0 Å². The number of carbonyl (C=O) groups excluding carboxylic acids is 2. The summed E-state index contributed by atoms with van der Waals surface area (Å²) in [5.41, 5.74) is 4.22. The molecule has 160 valence electrons. The van der Waals surface area contributed by atoms with Crippen molar-refractivity contribution < 1.29 is 14.3 Å². The lowest BCUT2D eigenvalue weighted by atomic mass is 9.86. The normalized spacial score (nSPS) is 15.5. The minimum atomic E-state index is -0.466. The quantitative estimate of drug-likeness (QED) is 0.539. The van der Waals surface area contributed by atoms with E-state index in [4.69, 9.17) is 9.72 Å². The Morgan fingerprint density at radius 2 is 2.06 bits per heavy atom. The van der Waals surface area contributed by atoms with Gasteiger partial charge >= 0.3 is 5.97 Å². The number of pyridine rings is 1. The molecule has 2 heterocycles. The number of esters is 1. The number of aromatic nitrogens is 1. The number of hydrogen-bond donors (Lipinski definition) is 1. The smallest absolute Gasteiger partial charge is 0.339 e. The standard InChI is InChI=1S/C25H26N2O3S/c1-3-16(2)26-22(28)15-30-25(29)23-19-10-4-5-12-21(19)27-24-17(8-6-11-20(23)24)14-18-9-7-13-31-18/h4-5,7,9-10,12-14,16H,3,6,8,11,15H2,1-2H3,(H,26,28)/b17-14+. The zero-order chi connectivity index (χ0) is 21.8. The Hall–Kier alpha value is -2.99. The first-order valence-corrected chi connectivity index (χ1v) is 11.6. The van der Waals surface area contributed by atoms with Crippen LogP contribution in [0.1, 0.15) is 59.6 Å². The van der Waals surface area contributed by atoms with E-state index in [9.17, 15) is 9.59 Å². The summed E-state index contributed by atoms with van der Waals surface area (Å²) in [4.78, 5) is 31.4. The highest BCUT2D eigenvalue weighted by molar-refractivity contribution is 7.10. The van der Waals surface area contributed by atoms with Gasteiger partial charge in [-0.05, 0) is 67.3 Å². The highest BCUT2D eigenvalue weighted by Gasteiger charge is 2.26. The molecule has 0 fully saturated rings. The lowest BCUT2D eigenvalue weighted by molar-refractivity contribution is -0.124. The van der Waals surface area contributed by atoms with Crippen molar-refractivity contribution in [1.29, 1.82) is 0 Å². The summed E-state index contributed by atoms with van der Waals surface area (Å²) in [7, 11) is 0. The summed E-state index contributed by atoms with van der Waals surface area (Å²) in [6.07, 6.45) is 5.61. The molecule has 0 spiro atoms. The molecule has 0 saturated carbocycles. The Labute approximate surface area is 186 Å². The van der Waals surface area contributed by atoms with Gasteiger partial charge in [0.15, 0.2) is 6.61 Å². The van der Waals surface area contributed by atoms with Crippen LogP contribution in [-0.2, 0) is 16.0 Å². The molecular formula is C25H26N2O3S. The maximum Gasteiger partial charge on any atom is 0.339 e. The van der Waals surface area contributed by atoms with E-state index in [1.807, 2.05) is 44.2 Å². The maximum atomic E-state index is 13.2. The molecule has 0 aliphatic heterocycles. The van der Waals surface area contributed by atoms with Crippen LogP contribution >= 0.6 is 11.3 Å². The maximum absolute atomic E-state index is 13.2. The fraction of sp³-hybridized carbons (Fsp3) is 0.320. The fourth-order valence-corrected chi connectivity index (χ4v) is 4.56. The summed E-state index contributed by atoms with van der Waals surface area (Å²) >= 11 is 1.68. The first-order chi connectivity index (χ1) is 15.1. The summed E-state index contributed by atoms with van der Waals surface area (Å²) in [5, 5.41) is 5.65. The van der Waals surface area contributed by atoms with Gasteiger partial charge < -0.3 is 10.1 Å². The molecule has 3 aromatic rings. The Morgan fingerprint density at radius 1 is 1.23 bits per heavy atom. The predicted molar refractivity (Wildman–Crippen MR) is 125 cm³/mol. The summed E-state index contributed by atoms with van der Waals surface area (Å²) < 4.78 is 5.45. The van der Waals surface area contributed by atoms with Crippen molar-refractivity contribution in [2.24, 2.45) is 0 Å². The predicted octanol–water partition coefficient (Wildman–Crippen LogP) is 5.24. The second-order valence-corrected chi connectivity index (χ2v) is 8.80. The average Bonchev–Trinajstić information content (AvgIpc) is 3.29. The highest BCUT2D eigenvalue weighted by Crippen LogP contribution is 2.36. The van der Waals surface area contributed by atoms with E-state index in [1.165, 1.54) is 4.88 Å². The number of para-hydroxylation sites is 1. The fourth-order valence-electron chi connectivity index (χ4n) is 3.88. The van der Waals surface area contributed by atoms with Gasteiger partial charge in [0.05, 0.1) is 16.8 Å². The second kappa shape index (κ2) is 9.43. The molecule has 2 aromatic heterocycles. The lowest BCUT2D eigenvalue weighted by Crippen LogP contribution is -2.35. The van der Waals surface area contributed by atoms with Crippen molar-refractivity contribution in [2.75, 3.05) is 6.61 Å². The molecular weight excluding hydrogens is 408 g/mol. The lowest BCUT2D eigenvalue weighted by Gasteiger charge is -2.22. The van der Waals surface area contributed by atoms with Gasteiger partial charge in [-0.15, -0.1) is 11.3 Å². The zero-order valence-corrected chi connectivity index (χ0v) is 18.6. The van der Waals surface area contributed by atoms with Gasteiger partial charge in [0.25, 0.3) is 5.91 Å². The Balaban J connectivity index is 1.71. The molecule has 6 heteroatoms. The van der Waals surface area contributed by atoms with Crippen molar-refractivity contribution in [3.63, 3.8) is 0 Å². The van der Waals surface area contributed by atoms with E-state index in [-0.39, 0.29) is 18.6 Å². The molecule has 0 bridgehead atoms. The number of carbonyl (C=O) groups is 2. The van der Waals surface area contributed by atoms with E-state index < -0.39 is 5.97 Å². The van der Waals surface area contributed by atoms with Crippen LogP contribution in [-0.4, -0.2) is 29.5 Å². The third-order valence-corrected chi connectivity index (χ3v) is 6.41. The topological polar surface area (TPSA) is 68.3 Å². The molecule has 1 N–H and O–H groups in total. The van der Waals surface area contributed by atoms with Crippen LogP contribution in [0.5, 0.6) is 0 Å². The van der Waals surface area contributed by atoms with E-state index in [1.54, 1.807) is 11.3 Å². The Morgan fingerprint density at radius 3 is 2.84 bits per heavy atom. The highest BCUT2D eigenvalue weighted by atomic mass is 32.1. The second-order valence-electron chi connectivity index (χ2n) is 7.82. The van der Waals surface area contributed by atoms with E-state index in [2.05, 4.69) is 22.8 Å². The zero-order valence-electron chi connectivity index (χ0n) is 17.8. The molecule has 0 radical (unpaired) electrons. The van der Waals surface area contributed by atoms with Crippen LogP contribution in [0, 0.1) is 0 Å². The first-order valence-electron chi connectivity index (χ1n) is 10.7. The molecule has 1 amide bonds. The van der Waals surface area contributed by atoms with E-state index in [0.29, 0.717) is 5.56 Å². The van der Waals surface area contributed by atoms with Crippen molar-refractivity contribution in [3.05, 3.63) is 63.5 Å². The van der Waals surface area contributed by atoms with Crippen LogP contribution in [0.4, 0.5) is 0 Å². The van der Waals surface area contributed by atoms with Gasteiger partial charge in [-0.2, -0.15) is 0 Å². The third-order valence-electron chi connectivity index (χ3n) is 5.59. The number of thiophene rings is 1. The number of benzene rings is 1. The first kappa shape index (κ1) is 21.2. The molecule has 4 rings (SSSR count). The largest absolute Gasteiger partial charge is 0.452 e. The molecule has 0 saturated heterocycles.